The van der Waals surface area contributed by atoms with Crippen molar-refractivity contribution in [1.29, 1.82) is 0 Å². The maximum atomic E-state index is 4.67. The van der Waals surface area contributed by atoms with Crippen LogP contribution in [0.1, 0.15) is 12.6 Å². The van der Waals surface area contributed by atoms with Gasteiger partial charge in [0, 0.05) is 41.3 Å². The van der Waals surface area contributed by atoms with E-state index in [4.69, 9.17) is 0 Å². The van der Waals surface area contributed by atoms with E-state index in [0.29, 0.717) is 22.7 Å². The van der Waals surface area contributed by atoms with Crippen molar-refractivity contribution in [3.8, 4) is 5.69 Å². The lowest BCUT2D eigenvalue weighted by molar-refractivity contribution is 1.12. The molecule has 0 saturated carbocycles. The Balaban J connectivity index is 2.05. The van der Waals surface area contributed by atoms with E-state index in [2.05, 4.69) is 37.7 Å². The molecule has 4 aromatic rings. The van der Waals surface area contributed by atoms with Gasteiger partial charge in [0.1, 0.15) is 0 Å². The molecule has 5 nitrogen and oxygen atoms in total. The zero-order valence-electron chi connectivity index (χ0n) is 14.4. The Morgan fingerprint density at radius 3 is 2.92 bits per heavy atom. The van der Waals surface area contributed by atoms with Crippen molar-refractivity contribution < 1.29 is 0 Å². The number of hydrogen-bond donors (Lipinski definition) is 0. The molecular weight excluding hydrogens is 322 g/mol. The minimum Gasteiger partial charge on any atom is -0.316 e. The van der Waals surface area contributed by atoms with Crippen molar-refractivity contribution in [1.82, 2.24) is 19.5 Å². The molecule has 0 radical (unpaired) electrons. The molecule has 126 valence electrons. The topological polar surface area (TPSA) is 56.0 Å². The molecule has 0 saturated heterocycles. The molecule has 5 heteroatoms. The SMILES string of the molecule is C=CC(=NC(=C)C)c1cc(-n2ccc3cnccc32)c2cccnc2n1. The van der Waals surface area contributed by atoms with E-state index in [0.717, 1.165) is 22.0 Å². The minimum atomic E-state index is 0.659. The van der Waals surface area contributed by atoms with Gasteiger partial charge in [0.15, 0.2) is 5.65 Å². The third-order valence-corrected chi connectivity index (χ3v) is 4.08. The number of aromatic nitrogens is 4. The highest BCUT2D eigenvalue weighted by atomic mass is 15.0. The van der Waals surface area contributed by atoms with Crippen LogP contribution in [0, 0.1) is 0 Å². The van der Waals surface area contributed by atoms with E-state index < -0.39 is 0 Å². The Hall–Kier alpha value is -3.60. The molecule has 0 atom stereocenters. The van der Waals surface area contributed by atoms with Gasteiger partial charge in [-0.2, -0.15) is 0 Å². The Kier molecular flexibility index (Phi) is 3.89. The van der Waals surface area contributed by atoms with Gasteiger partial charge in [0.2, 0.25) is 0 Å². The van der Waals surface area contributed by atoms with Crippen LogP contribution in [-0.4, -0.2) is 25.2 Å². The summed E-state index contributed by atoms with van der Waals surface area (Å²) in [7, 11) is 0. The normalized spacial score (nSPS) is 11.8. The summed E-state index contributed by atoms with van der Waals surface area (Å²) in [5.41, 5.74) is 4.79. The summed E-state index contributed by atoms with van der Waals surface area (Å²) < 4.78 is 2.12. The molecule has 0 bridgehead atoms. The van der Waals surface area contributed by atoms with E-state index in [9.17, 15) is 0 Å². The zero-order valence-corrected chi connectivity index (χ0v) is 14.4. The van der Waals surface area contributed by atoms with E-state index in [1.807, 2.05) is 49.6 Å². The molecule has 4 aromatic heterocycles. The summed E-state index contributed by atoms with van der Waals surface area (Å²) in [4.78, 5) is 17.8. The number of pyridine rings is 3. The molecule has 4 heterocycles. The zero-order chi connectivity index (χ0) is 18.1. The van der Waals surface area contributed by atoms with Crippen molar-refractivity contribution in [2.24, 2.45) is 4.99 Å². The van der Waals surface area contributed by atoms with Crippen molar-refractivity contribution in [3.05, 3.63) is 85.7 Å². The second-order valence-corrected chi connectivity index (χ2v) is 5.96. The number of fused-ring (bicyclic) bond motifs is 2. The number of hydrogen-bond acceptors (Lipinski definition) is 4. The van der Waals surface area contributed by atoms with Crippen molar-refractivity contribution in [2.45, 2.75) is 6.92 Å². The fourth-order valence-corrected chi connectivity index (χ4v) is 2.98. The molecule has 0 aliphatic heterocycles. The lowest BCUT2D eigenvalue weighted by Gasteiger charge is -2.12. The van der Waals surface area contributed by atoms with Gasteiger partial charge in [-0.3, -0.25) is 9.98 Å². The van der Waals surface area contributed by atoms with Crippen molar-refractivity contribution in [3.63, 3.8) is 0 Å². The maximum Gasteiger partial charge on any atom is 0.161 e. The summed E-state index contributed by atoms with van der Waals surface area (Å²) in [6, 6.07) is 9.98. The molecule has 0 spiro atoms. The van der Waals surface area contributed by atoms with Gasteiger partial charge in [-0.15, -0.1) is 0 Å². The highest BCUT2D eigenvalue weighted by Crippen LogP contribution is 2.26. The number of allylic oxidation sites excluding steroid dienone is 2. The molecule has 0 N–H and O–H groups in total. The molecule has 26 heavy (non-hydrogen) atoms. The van der Waals surface area contributed by atoms with Gasteiger partial charge in [0.25, 0.3) is 0 Å². The van der Waals surface area contributed by atoms with Crippen LogP contribution in [0.25, 0.3) is 27.6 Å². The fourth-order valence-electron chi connectivity index (χ4n) is 2.98. The van der Waals surface area contributed by atoms with Crippen LogP contribution in [0.4, 0.5) is 0 Å². The third-order valence-electron chi connectivity index (χ3n) is 4.08. The van der Waals surface area contributed by atoms with E-state index in [-0.39, 0.29) is 0 Å². The smallest absolute Gasteiger partial charge is 0.161 e. The first-order chi connectivity index (χ1) is 12.7. The molecule has 0 unspecified atom stereocenters. The van der Waals surface area contributed by atoms with Crippen LogP contribution in [0.3, 0.4) is 0 Å². The molecule has 0 fully saturated rings. The highest BCUT2D eigenvalue weighted by Gasteiger charge is 2.13. The van der Waals surface area contributed by atoms with E-state index in [1.54, 1.807) is 18.5 Å². The molecule has 0 aromatic carbocycles. The molecule has 0 aliphatic carbocycles. The second-order valence-electron chi connectivity index (χ2n) is 5.96. The summed E-state index contributed by atoms with van der Waals surface area (Å²) in [5.74, 6) is 0. The van der Waals surface area contributed by atoms with Gasteiger partial charge < -0.3 is 4.57 Å². The molecular formula is C21H17N5. The van der Waals surface area contributed by atoms with Gasteiger partial charge in [0.05, 0.1) is 22.6 Å². The quantitative estimate of drug-likeness (QED) is 0.515. The van der Waals surface area contributed by atoms with E-state index >= 15 is 0 Å². The van der Waals surface area contributed by atoms with Crippen LogP contribution < -0.4 is 0 Å². The van der Waals surface area contributed by atoms with Crippen molar-refractivity contribution in [2.75, 3.05) is 0 Å². The monoisotopic (exact) mass is 339 g/mol. The lowest BCUT2D eigenvalue weighted by atomic mass is 10.1. The first kappa shape index (κ1) is 15.9. The van der Waals surface area contributed by atoms with Crippen molar-refractivity contribution >= 4 is 27.6 Å². The Morgan fingerprint density at radius 2 is 2.12 bits per heavy atom. The van der Waals surface area contributed by atoms with Crippen LogP contribution in [-0.2, 0) is 0 Å². The Morgan fingerprint density at radius 1 is 1.23 bits per heavy atom. The summed E-state index contributed by atoms with van der Waals surface area (Å²) in [5, 5.41) is 2.03. The minimum absolute atomic E-state index is 0.659. The first-order valence-electron chi connectivity index (χ1n) is 8.21. The van der Waals surface area contributed by atoms with Crippen LogP contribution in [0.2, 0.25) is 0 Å². The lowest BCUT2D eigenvalue weighted by Crippen LogP contribution is -2.05. The fraction of sp³-hybridized carbons (Fsp3) is 0.0476. The van der Waals surface area contributed by atoms with E-state index in [1.165, 1.54) is 0 Å². The maximum absolute atomic E-state index is 4.67. The van der Waals surface area contributed by atoms with Gasteiger partial charge in [-0.05, 0) is 43.3 Å². The number of aliphatic imine (C=N–C) groups is 1. The predicted octanol–water partition coefficient (Wildman–Crippen LogP) is 4.48. The van der Waals surface area contributed by atoms with Gasteiger partial charge in [-0.1, -0.05) is 13.2 Å². The second kappa shape index (κ2) is 6.37. The van der Waals surface area contributed by atoms with Gasteiger partial charge in [-0.25, -0.2) is 9.97 Å². The molecule has 0 aliphatic rings. The number of nitrogens with zero attached hydrogens (tertiary/aromatic N) is 5. The first-order valence-corrected chi connectivity index (χ1v) is 8.21. The average Bonchev–Trinajstić information content (AvgIpc) is 3.09. The highest BCUT2D eigenvalue weighted by molar-refractivity contribution is 6.09. The summed E-state index contributed by atoms with van der Waals surface area (Å²) in [6.45, 7) is 9.56. The third kappa shape index (κ3) is 2.69. The van der Waals surface area contributed by atoms with Gasteiger partial charge >= 0.3 is 0 Å². The Bertz CT molecular complexity index is 1180. The average molecular weight is 339 g/mol. The standard InChI is InChI=1S/C21H17N5/c1-4-17(24-14(2)3)18-12-20(16-6-5-9-23-21(16)25-18)26-11-8-15-13-22-10-7-19(15)26/h4-13H,1-2H2,3H3. The Labute approximate surface area is 151 Å². The van der Waals surface area contributed by atoms with Crippen LogP contribution in [0.15, 0.2) is 85.0 Å². The predicted molar refractivity (Wildman–Crippen MR) is 106 cm³/mol. The molecule has 4 rings (SSSR count). The van der Waals surface area contributed by atoms with Crippen LogP contribution in [0.5, 0.6) is 0 Å². The summed E-state index contributed by atoms with van der Waals surface area (Å²) >= 11 is 0. The largest absolute Gasteiger partial charge is 0.316 e. The van der Waals surface area contributed by atoms with Crippen LogP contribution >= 0.6 is 0 Å². The molecule has 0 amide bonds. The number of rotatable bonds is 4. The summed E-state index contributed by atoms with van der Waals surface area (Å²) in [6.07, 6.45) is 9.10.